The lowest BCUT2D eigenvalue weighted by atomic mass is 10.0. The molecule has 0 aromatic heterocycles. The van der Waals surface area contributed by atoms with Gasteiger partial charge in [-0.3, -0.25) is 19.9 Å². The van der Waals surface area contributed by atoms with E-state index in [1.165, 1.54) is 11.8 Å². The van der Waals surface area contributed by atoms with Crippen molar-refractivity contribution < 1.29 is 19.1 Å². The summed E-state index contributed by atoms with van der Waals surface area (Å²) in [6.45, 7) is 5.03. The van der Waals surface area contributed by atoms with Crippen LogP contribution in [-0.4, -0.2) is 36.2 Å². The van der Waals surface area contributed by atoms with Gasteiger partial charge in [-0.1, -0.05) is 48.5 Å². The Morgan fingerprint density at radius 2 is 1.83 bits per heavy atom. The Bertz CT molecular complexity index is 969. The van der Waals surface area contributed by atoms with Gasteiger partial charge in [0.15, 0.2) is 0 Å². The molecule has 1 N–H and O–H groups in total. The van der Waals surface area contributed by atoms with E-state index in [0.29, 0.717) is 11.4 Å². The third-order valence-corrected chi connectivity index (χ3v) is 4.57. The standard InChI is InChI=1S/C22H23N3O4/c1-14-8-7-11-18-16(3)23-20(21(27)25(19(14)18)12-15(2)26)24-22(28)29-13-17-9-5-4-6-10-17/h4-11,20H,12-13H2,1-3H3,(H,24,28). The molecule has 1 atom stereocenters. The van der Waals surface area contributed by atoms with E-state index in [1.54, 1.807) is 6.92 Å². The molecule has 1 aliphatic rings. The smallest absolute Gasteiger partial charge is 0.409 e. The van der Waals surface area contributed by atoms with Crippen LogP contribution in [0.15, 0.2) is 53.5 Å². The summed E-state index contributed by atoms with van der Waals surface area (Å²) in [5.74, 6) is -0.651. The van der Waals surface area contributed by atoms with E-state index >= 15 is 0 Å². The topological polar surface area (TPSA) is 88.1 Å². The number of fused-ring (bicyclic) bond motifs is 1. The number of carbonyl (C=O) groups is 3. The first-order valence-electron chi connectivity index (χ1n) is 9.29. The highest BCUT2D eigenvalue weighted by Gasteiger charge is 2.33. The Labute approximate surface area is 169 Å². The second-order valence-electron chi connectivity index (χ2n) is 6.92. The second-order valence-corrected chi connectivity index (χ2v) is 6.92. The maximum absolute atomic E-state index is 13.1. The van der Waals surface area contributed by atoms with Crippen molar-refractivity contribution in [3.63, 3.8) is 0 Å². The number of aliphatic imine (C=N–C) groups is 1. The van der Waals surface area contributed by atoms with Crippen LogP contribution in [-0.2, 0) is 20.9 Å². The molecule has 7 nitrogen and oxygen atoms in total. The molecule has 0 radical (unpaired) electrons. The van der Waals surface area contributed by atoms with Gasteiger partial charge in [-0.2, -0.15) is 0 Å². The van der Waals surface area contributed by atoms with Crippen molar-refractivity contribution in [3.05, 3.63) is 65.2 Å². The van der Waals surface area contributed by atoms with E-state index in [2.05, 4.69) is 10.3 Å². The van der Waals surface area contributed by atoms with E-state index < -0.39 is 18.2 Å². The van der Waals surface area contributed by atoms with Crippen LogP contribution < -0.4 is 10.2 Å². The molecule has 1 aliphatic heterocycles. The number of nitrogens with one attached hydrogen (secondary N) is 1. The normalized spacial score (nSPS) is 15.8. The van der Waals surface area contributed by atoms with Crippen LogP contribution in [0.1, 0.15) is 30.5 Å². The maximum atomic E-state index is 13.1. The highest BCUT2D eigenvalue weighted by Crippen LogP contribution is 2.29. The van der Waals surface area contributed by atoms with Gasteiger partial charge in [-0.15, -0.1) is 0 Å². The molecule has 1 heterocycles. The third-order valence-electron chi connectivity index (χ3n) is 4.57. The molecule has 0 saturated carbocycles. The summed E-state index contributed by atoms with van der Waals surface area (Å²) >= 11 is 0. The quantitative estimate of drug-likeness (QED) is 0.846. The van der Waals surface area contributed by atoms with E-state index in [-0.39, 0.29) is 18.9 Å². The van der Waals surface area contributed by atoms with Gasteiger partial charge in [-0.05, 0) is 31.9 Å². The number of nitrogens with zero attached hydrogens (tertiary/aromatic N) is 2. The SMILES string of the molecule is CC(=O)CN1C(=O)C(NC(=O)OCc2ccccc2)N=C(C)c2cccc(C)c21. The summed E-state index contributed by atoms with van der Waals surface area (Å²) in [5.41, 5.74) is 3.66. The fourth-order valence-corrected chi connectivity index (χ4v) is 3.24. The Kier molecular flexibility index (Phi) is 6.07. The van der Waals surface area contributed by atoms with Crippen LogP contribution >= 0.6 is 0 Å². The van der Waals surface area contributed by atoms with Crippen LogP contribution in [0, 0.1) is 6.92 Å². The van der Waals surface area contributed by atoms with E-state index in [0.717, 1.165) is 16.7 Å². The minimum atomic E-state index is -1.18. The number of benzodiazepines with no additional fused rings is 1. The molecule has 0 fully saturated rings. The van der Waals surface area contributed by atoms with Crippen molar-refractivity contribution in [2.24, 2.45) is 4.99 Å². The van der Waals surface area contributed by atoms with Gasteiger partial charge < -0.3 is 9.64 Å². The number of Topliss-reactive ketones (excluding diaryl/α,β-unsaturated/α-hetero) is 1. The monoisotopic (exact) mass is 393 g/mol. The molecule has 7 heteroatoms. The number of rotatable bonds is 5. The molecule has 0 saturated heterocycles. The zero-order valence-electron chi connectivity index (χ0n) is 16.6. The van der Waals surface area contributed by atoms with Gasteiger partial charge in [0.1, 0.15) is 12.4 Å². The van der Waals surface area contributed by atoms with Crippen molar-refractivity contribution in [1.29, 1.82) is 0 Å². The Morgan fingerprint density at radius 3 is 2.52 bits per heavy atom. The van der Waals surface area contributed by atoms with Crippen molar-refractivity contribution in [2.75, 3.05) is 11.4 Å². The Balaban J connectivity index is 1.83. The van der Waals surface area contributed by atoms with Gasteiger partial charge in [0, 0.05) is 11.3 Å². The second kappa shape index (κ2) is 8.68. The lowest BCUT2D eigenvalue weighted by Gasteiger charge is -2.25. The molecule has 0 bridgehead atoms. The summed E-state index contributed by atoms with van der Waals surface area (Å²) in [5, 5.41) is 2.52. The molecule has 0 aliphatic carbocycles. The minimum Gasteiger partial charge on any atom is -0.445 e. The van der Waals surface area contributed by atoms with Crippen molar-refractivity contribution >= 4 is 29.2 Å². The first kappa shape index (κ1) is 20.3. The number of para-hydroxylation sites is 1. The van der Waals surface area contributed by atoms with Gasteiger partial charge in [0.05, 0.1) is 12.2 Å². The molecular weight excluding hydrogens is 370 g/mol. The molecule has 1 unspecified atom stereocenters. The summed E-state index contributed by atoms with van der Waals surface area (Å²) < 4.78 is 5.22. The van der Waals surface area contributed by atoms with Crippen molar-refractivity contribution in [2.45, 2.75) is 33.5 Å². The van der Waals surface area contributed by atoms with Gasteiger partial charge >= 0.3 is 6.09 Å². The molecule has 150 valence electrons. The zero-order valence-corrected chi connectivity index (χ0v) is 16.6. The largest absolute Gasteiger partial charge is 0.445 e. The van der Waals surface area contributed by atoms with Crippen LogP contribution in [0.4, 0.5) is 10.5 Å². The maximum Gasteiger partial charge on any atom is 0.409 e. The van der Waals surface area contributed by atoms with Crippen molar-refractivity contribution in [3.8, 4) is 0 Å². The average Bonchev–Trinajstić information content (AvgIpc) is 2.78. The van der Waals surface area contributed by atoms with Crippen LogP contribution in [0.2, 0.25) is 0 Å². The van der Waals surface area contributed by atoms with Crippen LogP contribution in [0.3, 0.4) is 0 Å². The molecule has 2 aromatic carbocycles. The molecule has 29 heavy (non-hydrogen) atoms. The first-order chi connectivity index (χ1) is 13.9. The molecule has 3 rings (SSSR count). The first-order valence-corrected chi connectivity index (χ1v) is 9.29. The zero-order chi connectivity index (χ0) is 21.0. The van der Waals surface area contributed by atoms with E-state index in [1.807, 2.05) is 55.5 Å². The van der Waals surface area contributed by atoms with E-state index in [4.69, 9.17) is 4.74 Å². The average molecular weight is 393 g/mol. The number of benzene rings is 2. The number of alkyl carbamates (subject to hydrolysis) is 1. The number of anilines is 1. The molecule has 2 aromatic rings. The Morgan fingerprint density at radius 1 is 1.10 bits per heavy atom. The van der Waals surface area contributed by atoms with Crippen LogP contribution in [0.5, 0.6) is 0 Å². The number of aryl methyl sites for hydroxylation is 1. The summed E-state index contributed by atoms with van der Waals surface area (Å²) in [4.78, 5) is 43.0. The fourth-order valence-electron chi connectivity index (χ4n) is 3.24. The molecular formula is C22H23N3O4. The number of hydrogen-bond donors (Lipinski definition) is 1. The number of hydrogen-bond acceptors (Lipinski definition) is 5. The van der Waals surface area contributed by atoms with Gasteiger partial charge in [-0.25, -0.2) is 4.79 Å². The predicted octanol–water partition coefficient (Wildman–Crippen LogP) is 2.99. The third kappa shape index (κ3) is 4.68. The number of ketones is 1. The van der Waals surface area contributed by atoms with Gasteiger partial charge in [0.25, 0.3) is 5.91 Å². The molecule has 2 amide bonds. The summed E-state index contributed by atoms with van der Waals surface area (Å²) in [6, 6.07) is 14.8. The Hall–Kier alpha value is -3.48. The van der Waals surface area contributed by atoms with Gasteiger partial charge in [0.2, 0.25) is 6.17 Å². The summed E-state index contributed by atoms with van der Waals surface area (Å²) in [7, 11) is 0. The van der Waals surface area contributed by atoms with E-state index in [9.17, 15) is 14.4 Å². The van der Waals surface area contributed by atoms with Crippen molar-refractivity contribution in [1.82, 2.24) is 5.32 Å². The summed E-state index contributed by atoms with van der Waals surface area (Å²) in [6.07, 6.45) is -1.93. The molecule has 0 spiro atoms. The highest BCUT2D eigenvalue weighted by atomic mass is 16.5. The predicted molar refractivity (Wildman–Crippen MR) is 110 cm³/mol. The lowest BCUT2D eigenvalue weighted by molar-refractivity contribution is -0.123. The van der Waals surface area contributed by atoms with Crippen LogP contribution in [0.25, 0.3) is 0 Å². The number of carbonyl (C=O) groups excluding carboxylic acids is 3. The fraction of sp³-hybridized carbons (Fsp3) is 0.273. The minimum absolute atomic E-state index is 0.0762. The lowest BCUT2D eigenvalue weighted by Crippen LogP contribution is -2.49. The highest BCUT2D eigenvalue weighted by molar-refractivity contribution is 6.14. The number of amides is 2. The number of ether oxygens (including phenoxy) is 1.